The Bertz CT molecular complexity index is 381. The standard InChI is InChI=1S/C9H10N2O/c1-7-5-9(12)11-6-8(7)3-2-4-10/h5-6H,4,10H2,1H3,(H,11,12). The fourth-order valence-electron chi connectivity index (χ4n) is 0.854. The Morgan fingerprint density at radius 1 is 1.67 bits per heavy atom. The van der Waals surface area contributed by atoms with E-state index in [0.29, 0.717) is 6.54 Å². The average Bonchev–Trinajstić information content (AvgIpc) is 2.03. The number of aryl methyl sites for hydroxylation is 1. The third kappa shape index (κ3) is 1.97. The van der Waals surface area contributed by atoms with Gasteiger partial charge in [-0.15, -0.1) is 0 Å². The van der Waals surface area contributed by atoms with E-state index < -0.39 is 0 Å². The molecule has 3 nitrogen and oxygen atoms in total. The summed E-state index contributed by atoms with van der Waals surface area (Å²) in [4.78, 5) is 13.3. The van der Waals surface area contributed by atoms with Crippen LogP contribution < -0.4 is 11.3 Å². The Balaban J connectivity index is 3.10. The molecule has 0 unspecified atom stereocenters. The first-order valence-corrected chi connectivity index (χ1v) is 3.62. The summed E-state index contributed by atoms with van der Waals surface area (Å²) < 4.78 is 0. The maximum atomic E-state index is 10.8. The van der Waals surface area contributed by atoms with Crippen LogP contribution in [0.3, 0.4) is 0 Å². The second-order valence-corrected chi connectivity index (χ2v) is 2.40. The number of nitrogens with one attached hydrogen (secondary N) is 1. The van der Waals surface area contributed by atoms with Crippen molar-refractivity contribution in [3.8, 4) is 11.8 Å². The number of hydrogen-bond acceptors (Lipinski definition) is 2. The fourth-order valence-corrected chi connectivity index (χ4v) is 0.854. The molecule has 0 bridgehead atoms. The minimum absolute atomic E-state index is 0.106. The van der Waals surface area contributed by atoms with Crippen LogP contribution in [0.4, 0.5) is 0 Å². The Kier molecular flexibility index (Phi) is 2.67. The minimum Gasteiger partial charge on any atom is -0.328 e. The number of aromatic nitrogens is 1. The number of pyridine rings is 1. The number of hydrogen-bond donors (Lipinski definition) is 2. The smallest absolute Gasteiger partial charge is 0.248 e. The van der Waals surface area contributed by atoms with Crippen molar-refractivity contribution in [2.24, 2.45) is 5.73 Å². The number of aromatic amines is 1. The third-order valence-electron chi connectivity index (χ3n) is 1.46. The van der Waals surface area contributed by atoms with E-state index in [1.165, 1.54) is 6.07 Å². The Hall–Kier alpha value is -1.53. The van der Waals surface area contributed by atoms with E-state index in [-0.39, 0.29) is 5.56 Å². The van der Waals surface area contributed by atoms with Crippen LogP contribution in [0, 0.1) is 18.8 Å². The van der Waals surface area contributed by atoms with Gasteiger partial charge in [0, 0.05) is 17.8 Å². The fraction of sp³-hybridized carbons (Fsp3) is 0.222. The van der Waals surface area contributed by atoms with Crippen molar-refractivity contribution in [3.63, 3.8) is 0 Å². The third-order valence-corrected chi connectivity index (χ3v) is 1.46. The van der Waals surface area contributed by atoms with Crippen LogP contribution in [0.1, 0.15) is 11.1 Å². The van der Waals surface area contributed by atoms with Crippen LogP contribution in [0.2, 0.25) is 0 Å². The largest absolute Gasteiger partial charge is 0.328 e. The van der Waals surface area contributed by atoms with Crippen LogP contribution in [0.5, 0.6) is 0 Å². The van der Waals surface area contributed by atoms with Gasteiger partial charge < -0.3 is 10.7 Å². The van der Waals surface area contributed by atoms with Gasteiger partial charge in [-0.1, -0.05) is 11.8 Å². The summed E-state index contributed by atoms with van der Waals surface area (Å²) in [5.74, 6) is 5.58. The molecule has 1 heterocycles. The van der Waals surface area contributed by atoms with Gasteiger partial charge in [-0.05, 0) is 12.5 Å². The van der Waals surface area contributed by atoms with Gasteiger partial charge in [0.25, 0.3) is 0 Å². The molecule has 1 aromatic rings. The van der Waals surface area contributed by atoms with E-state index in [0.717, 1.165) is 11.1 Å². The predicted molar refractivity (Wildman–Crippen MR) is 47.7 cm³/mol. The van der Waals surface area contributed by atoms with E-state index >= 15 is 0 Å². The van der Waals surface area contributed by atoms with E-state index in [2.05, 4.69) is 16.8 Å². The molecule has 0 aliphatic carbocycles. The molecule has 0 spiro atoms. The molecule has 0 radical (unpaired) electrons. The SMILES string of the molecule is Cc1cc(=O)[nH]cc1C#CCN. The zero-order chi connectivity index (χ0) is 8.97. The van der Waals surface area contributed by atoms with Crippen LogP contribution in [0.25, 0.3) is 0 Å². The lowest BCUT2D eigenvalue weighted by Crippen LogP contribution is -2.04. The van der Waals surface area contributed by atoms with Crippen LogP contribution in [-0.4, -0.2) is 11.5 Å². The summed E-state index contributed by atoms with van der Waals surface area (Å²) in [6, 6.07) is 1.51. The van der Waals surface area contributed by atoms with Gasteiger partial charge in [0.05, 0.1) is 6.54 Å². The number of H-pyrrole nitrogens is 1. The lowest BCUT2D eigenvalue weighted by molar-refractivity contribution is 1.19. The van der Waals surface area contributed by atoms with Gasteiger partial charge in [0.1, 0.15) is 0 Å². The van der Waals surface area contributed by atoms with Crippen molar-refractivity contribution in [1.29, 1.82) is 0 Å². The first-order valence-electron chi connectivity index (χ1n) is 3.62. The van der Waals surface area contributed by atoms with E-state index in [9.17, 15) is 4.79 Å². The second kappa shape index (κ2) is 3.74. The van der Waals surface area contributed by atoms with Gasteiger partial charge in [-0.3, -0.25) is 4.79 Å². The maximum absolute atomic E-state index is 10.8. The van der Waals surface area contributed by atoms with Crippen molar-refractivity contribution < 1.29 is 0 Å². The monoisotopic (exact) mass is 162 g/mol. The molecule has 1 rings (SSSR count). The number of rotatable bonds is 0. The van der Waals surface area contributed by atoms with Gasteiger partial charge >= 0.3 is 0 Å². The van der Waals surface area contributed by atoms with Gasteiger partial charge in [-0.2, -0.15) is 0 Å². The van der Waals surface area contributed by atoms with Gasteiger partial charge in [0.2, 0.25) is 5.56 Å². The summed E-state index contributed by atoms with van der Waals surface area (Å²) in [6.45, 7) is 2.17. The molecular formula is C9H10N2O. The van der Waals surface area contributed by atoms with Crippen LogP contribution in [-0.2, 0) is 0 Å². The highest BCUT2D eigenvalue weighted by atomic mass is 16.1. The van der Waals surface area contributed by atoms with Crippen LogP contribution >= 0.6 is 0 Å². The molecule has 0 aliphatic rings. The zero-order valence-electron chi connectivity index (χ0n) is 6.85. The molecule has 0 aliphatic heterocycles. The summed E-state index contributed by atoms with van der Waals surface area (Å²) in [6.07, 6.45) is 1.60. The quantitative estimate of drug-likeness (QED) is 0.527. The predicted octanol–water partition coefficient (Wildman–Crippen LogP) is -0.00648. The molecule has 0 amide bonds. The Morgan fingerprint density at radius 2 is 2.42 bits per heavy atom. The summed E-state index contributed by atoms with van der Waals surface area (Å²) in [5.41, 5.74) is 6.80. The molecule has 0 fully saturated rings. The van der Waals surface area contributed by atoms with Crippen molar-refractivity contribution in [2.75, 3.05) is 6.54 Å². The normalized spacial score (nSPS) is 8.83. The molecule has 12 heavy (non-hydrogen) atoms. The molecule has 0 saturated heterocycles. The molecule has 0 saturated carbocycles. The first kappa shape index (κ1) is 8.57. The Labute approximate surface area is 70.6 Å². The van der Waals surface area contributed by atoms with E-state index in [1.54, 1.807) is 6.20 Å². The Morgan fingerprint density at radius 3 is 3.00 bits per heavy atom. The highest BCUT2D eigenvalue weighted by Gasteiger charge is 1.93. The highest BCUT2D eigenvalue weighted by molar-refractivity contribution is 5.38. The minimum atomic E-state index is -0.106. The molecule has 3 heteroatoms. The van der Waals surface area contributed by atoms with Crippen molar-refractivity contribution in [3.05, 3.63) is 33.7 Å². The zero-order valence-corrected chi connectivity index (χ0v) is 6.85. The van der Waals surface area contributed by atoms with Gasteiger partial charge in [0.15, 0.2) is 0 Å². The molecule has 0 atom stereocenters. The lowest BCUT2D eigenvalue weighted by atomic mass is 10.2. The second-order valence-electron chi connectivity index (χ2n) is 2.40. The van der Waals surface area contributed by atoms with Gasteiger partial charge in [-0.25, -0.2) is 0 Å². The van der Waals surface area contributed by atoms with E-state index in [4.69, 9.17) is 5.73 Å². The van der Waals surface area contributed by atoms with Crippen LogP contribution in [0.15, 0.2) is 17.1 Å². The molecule has 0 aromatic carbocycles. The summed E-state index contributed by atoms with van der Waals surface area (Å²) in [5, 5.41) is 0. The summed E-state index contributed by atoms with van der Waals surface area (Å²) in [7, 11) is 0. The van der Waals surface area contributed by atoms with E-state index in [1.807, 2.05) is 6.92 Å². The first-order chi connectivity index (χ1) is 5.74. The molecule has 1 aromatic heterocycles. The molecule has 62 valence electrons. The molecule has 3 N–H and O–H groups in total. The summed E-state index contributed by atoms with van der Waals surface area (Å²) >= 11 is 0. The highest BCUT2D eigenvalue weighted by Crippen LogP contribution is 1.98. The lowest BCUT2D eigenvalue weighted by Gasteiger charge is -1.93. The molecular weight excluding hydrogens is 152 g/mol. The average molecular weight is 162 g/mol. The van der Waals surface area contributed by atoms with Crippen molar-refractivity contribution >= 4 is 0 Å². The van der Waals surface area contributed by atoms with Crippen molar-refractivity contribution in [2.45, 2.75) is 6.92 Å². The topological polar surface area (TPSA) is 58.9 Å². The van der Waals surface area contributed by atoms with Crippen molar-refractivity contribution in [1.82, 2.24) is 4.98 Å². The maximum Gasteiger partial charge on any atom is 0.248 e. The number of nitrogens with two attached hydrogens (primary N) is 1.